The molecule has 1 aromatic heterocycles. The second kappa shape index (κ2) is 3.81. The van der Waals surface area contributed by atoms with Gasteiger partial charge in [-0.05, 0) is 32.6 Å². The van der Waals surface area contributed by atoms with Crippen molar-refractivity contribution in [2.45, 2.75) is 32.7 Å². The van der Waals surface area contributed by atoms with Gasteiger partial charge in [0.2, 0.25) is 0 Å². The van der Waals surface area contributed by atoms with Gasteiger partial charge in [-0.3, -0.25) is 4.68 Å². The minimum absolute atomic E-state index is 0.287. The molecular weight excluding hydrogens is 206 g/mol. The van der Waals surface area contributed by atoms with E-state index in [1.807, 2.05) is 0 Å². The van der Waals surface area contributed by atoms with Crippen molar-refractivity contribution in [3.05, 3.63) is 11.3 Å². The second-order valence-electron chi connectivity index (χ2n) is 4.51. The van der Waals surface area contributed by atoms with Gasteiger partial charge in [0.1, 0.15) is 11.4 Å². The lowest BCUT2D eigenvalue weighted by Crippen LogP contribution is -2.21. The van der Waals surface area contributed by atoms with E-state index in [4.69, 9.17) is 5.11 Å². The molecule has 0 saturated heterocycles. The van der Waals surface area contributed by atoms with Crippen LogP contribution in [0, 0.1) is 12.8 Å². The number of aryl methyl sites for hydroxylation is 2. The molecule has 0 aliphatic heterocycles. The zero-order valence-electron chi connectivity index (χ0n) is 9.82. The van der Waals surface area contributed by atoms with Gasteiger partial charge in [0.05, 0.1) is 5.69 Å². The third-order valence-electron chi connectivity index (χ3n) is 3.13. The molecule has 88 valence electrons. The zero-order valence-corrected chi connectivity index (χ0v) is 9.82. The number of carbonyl (C=O) groups is 1. The topological polar surface area (TPSA) is 67.2 Å². The van der Waals surface area contributed by atoms with Crippen LogP contribution in [0.15, 0.2) is 0 Å². The first-order chi connectivity index (χ1) is 7.50. The van der Waals surface area contributed by atoms with Gasteiger partial charge in [-0.25, -0.2) is 4.79 Å². The van der Waals surface area contributed by atoms with E-state index in [9.17, 15) is 4.79 Å². The highest BCUT2D eigenvalue weighted by molar-refractivity contribution is 5.94. The molecule has 0 spiro atoms. The van der Waals surface area contributed by atoms with Gasteiger partial charge in [-0.2, -0.15) is 5.10 Å². The number of rotatable bonds is 4. The number of nitrogens with zero attached hydrogens (tertiary/aromatic N) is 2. The lowest BCUT2D eigenvalue weighted by atomic mass is 10.2. The van der Waals surface area contributed by atoms with Crippen LogP contribution in [0.25, 0.3) is 0 Å². The lowest BCUT2D eigenvalue weighted by Gasteiger charge is -2.14. The maximum absolute atomic E-state index is 11.1. The Balaban J connectivity index is 2.27. The van der Waals surface area contributed by atoms with Crippen LogP contribution < -0.4 is 5.32 Å². The van der Waals surface area contributed by atoms with E-state index >= 15 is 0 Å². The smallest absolute Gasteiger partial charge is 0.341 e. The molecule has 2 N–H and O–H groups in total. The van der Waals surface area contributed by atoms with Crippen LogP contribution >= 0.6 is 0 Å². The van der Waals surface area contributed by atoms with Crippen molar-refractivity contribution in [2.75, 3.05) is 5.32 Å². The molecule has 0 amide bonds. The largest absolute Gasteiger partial charge is 0.477 e. The van der Waals surface area contributed by atoms with E-state index in [0.717, 1.165) is 0 Å². The van der Waals surface area contributed by atoms with Crippen molar-refractivity contribution in [1.82, 2.24) is 9.78 Å². The summed E-state index contributed by atoms with van der Waals surface area (Å²) in [5, 5.41) is 16.5. The van der Waals surface area contributed by atoms with Gasteiger partial charge in [0.15, 0.2) is 0 Å². The van der Waals surface area contributed by atoms with Gasteiger partial charge >= 0.3 is 5.97 Å². The van der Waals surface area contributed by atoms with E-state index in [1.165, 1.54) is 12.8 Å². The number of carboxylic acid groups (broad SMARTS) is 1. The van der Waals surface area contributed by atoms with Crippen molar-refractivity contribution in [2.24, 2.45) is 13.0 Å². The first kappa shape index (κ1) is 11.0. The van der Waals surface area contributed by atoms with Crippen LogP contribution in [0.2, 0.25) is 0 Å². The highest BCUT2D eigenvalue weighted by Crippen LogP contribution is 2.34. The minimum Gasteiger partial charge on any atom is -0.477 e. The van der Waals surface area contributed by atoms with E-state index in [1.54, 1.807) is 18.7 Å². The Labute approximate surface area is 94.5 Å². The fourth-order valence-electron chi connectivity index (χ4n) is 2.01. The molecule has 1 fully saturated rings. The fourth-order valence-corrected chi connectivity index (χ4v) is 2.01. The molecule has 0 aromatic carbocycles. The third kappa shape index (κ3) is 1.89. The summed E-state index contributed by atoms with van der Waals surface area (Å²) < 4.78 is 1.61. The first-order valence-electron chi connectivity index (χ1n) is 5.54. The summed E-state index contributed by atoms with van der Waals surface area (Å²) in [6, 6.07) is 0.313. The molecule has 5 heteroatoms. The number of hydrogen-bond donors (Lipinski definition) is 2. The van der Waals surface area contributed by atoms with Crippen molar-refractivity contribution in [1.29, 1.82) is 0 Å². The maximum Gasteiger partial charge on any atom is 0.341 e. The molecule has 1 aromatic rings. The van der Waals surface area contributed by atoms with Crippen molar-refractivity contribution < 1.29 is 9.90 Å². The molecule has 1 saturated carbocycles. The average molecular weight is 223 g/mol. The van der Waals surface area contributed by atoms with E-state index in [0.29, 0.717) is 23.5 Å². The Morgan fingerprint density at radius 2 is 2.25 bits per heavy atom. The van der Waals surface area contributed by atoms with Crippen LogP contribution in [0.1, 0.15) is 35.8 Å². The molecule has 2 rings (SSSR count). The predicted octanol–water partition coefficient (Wildman–Crippen LogP) is 1.64. The lowest BCUT2D eigenvalue weighted by molar-refractivity contribution is 0.0697. The van der Waals surface area contributed by atoms with Crippen molar-refractivity contribution >= 4 is 11.8 Å². The van der Waals surface area contributed by atoms with Crippen LogP contribution in [0.3, 0.4) is 0 Å². The van der Waals surface area contributed by atoms with Crippen LogP contribution in [-0.2, 0) is 7.05 Å². The molecule has 16 heavy (non-hydrogen) atoms. The normalized spacial score (nSPS) is 17.2. The fraction of sp³-hybridized carbons (Fsp3) is 0.636. The maximum atomic E-state index is 11.1. The van der Waals surface area contributed by atoms with Crippen molar-refractivity contribution in [3.8, 4) is 0 Å². The molecule has 0 bridgehead atoms. The predicted molar refractivity (Wildman–Crippen MR) is 60.7 cm³/mol. The Hall–Kier alpha value is -1.52. The minimum atomic E-state index is -0.920. The second-order valence-corrected chi connectivity index (χ2v) is 4.51. The summed E-state index contributed by atoms with van der Waals surface area (Å²) >= 11 is 0. The van der Waals surface area contributed by atoms with Gasteiger partial charge in [0, 0.05) is 13.1 Å². The number of aromatic nitrogens is 2. The summed E-state index contributed by atoms with van der Waals surface area (Å²) in [7, 11) is 1.77. The molecule has 1 unspecified atom stereocenters. The molecular formula is C11H17N3O2. The molecule has 5 nitrogen and oxygen atoms in total. The number of hydrogen-bond acceptors (Lipinski definition) is 3. The molecule has 1 aliphatic carbocycles. The number of anilines is 1. The summed E-state index contributed by atoms with van der Waals surface area (Å²) in [5.41, 5.74) is 0.843. The van der Waals surface area contributed by atoms with E-state index in [2.05, 4.69) is 17.3 Å². The number of aromatic carboxylic acids is 1. The van der Waals surface area contributed by atoms with Gasteiger partial charge in [-0.15, -0.1) is 0 Å². The summed E-state index contributed by atoms with van der Waals surface area (Å²) in [6.45, 7) is 3.81. The van der Waals surface area contributed by atoms with E-state index in [-0.39, 0.29) is 5.56 Å². The standard InChI is InChI=1S/C11H17N3O2/c1-6(8-4-5-8)12-10-9(11(15)16)7(2)13-14(10)3/h6,8,12H,4-5H2,1-3H3,(H,15,16). The highest BCUT2D eigenvalue weighted by Gasteiger charge is 2.30. The van der Waals surface area contributed by atoms with Crippen LogP contribution in [0.5, 0.6) is 0 Å². The Morgan fingerprint density at radius 3 is 2.75 bits per heavy atom. The Morgan fingerprint density at radius 1 is 1.62 bits per heavy atom. The highest BCUT2D eigenvalue weighted by atomic mass is 16.4. The van der Waals surface area contributed by atoms with Crippen LogP contribution in [0.4, 0.5) is 5.82 Å². The van der Waals surface area contributed by atoms with Crippen molar-refractivity contribution in [3.63, 3.8) is 0 Å². The van der Waals surface area contributed by atoms with Gasteiger partial charge in [-0.1, -0.05) is 0 Å². The summed E-state index contributed by atoms with van der Waals surface area (Å²) in [6.07, 6.45) is 2.46. The Bertz CT molecular complexity index is 421. The molecule has 1 atom stereocenters. The number of nitrogens with one attached hydrogen (secondary N) is 1. The summed E-state index contributed by atoms with van der Waals surface area (Å²) in [5.74, 6) is 0.373. The first-order valence-corrected chi connectivity index (χ1v) is 5.54. The average Bonchev–Trinajstić information content (AvgIpc) is 2.95. The van der Waals surface area contributed by atoms with Crippen LogP contribution in [-0.4, -0.2) is 26.9 Å². The van der Waals surface area contributed by atoms with Gasteiger partial charge in [0.25, 0.3) is 0 Å². The van der Waals surface area contributed by atoms with E-state index < -0.39 is 5.97 Å². The third-order valence-corrected chi connectivity index (χ3v) is 3.13. The molecule has 1 heterocycles. The molecule has 0 radical (unpaired) electrons. The number of carboxylic acids is 1. The Kier molecular flexibility index (Phi) is 2.61. The van der Waals surface area contributed by atoms with Gasteiger partial charge < -0.3 is 10.4 Å². The quantitative estimate of drug-likeness (QED) is 0.814. The summed E-state index contributed by atoms with van der Waals surface area (Å²) in [4.78, 5) is 11.1. The SMILES string of the molecule is Cc1nn(C)c(NC(C)C2CC2)c1C(=O)O. The zero-order chi connectivity index (χ0) is 11.9. The molecule has 1 aliphatic rings. The monoisotopic (exact) mass is 223 g/mol.